The summed E-state index contributed by atoms with van der Waals surface area (Å²) in [4.78, 5) is 2.70. The van der Waals surface area contributed by atoms with E-state index in [4.69, 9.17) is 0 Å². The molecular formula is C19H39N3. The van der Waals surface area contributed by atoms with E-state index in [1.165, 1.54) is 25.7 Å². The summed E-state index contributed by atoms with van der Waals surface area (Å²) in [7, 11) is 2.37. The van der Waals surface area contributed by atoms with Crippen LogP contribution < -0.4 is 10.6 Å². The van der Waals surface area contributed by atoms with Gasteiger partial charge in [-0.15, -0.1) is 0 Å². The number of nitrogens with zero attached hydrogens (tertiary/aromatic N) is 1. The average Bonchev–Trinajstić information content (AvgIpc) is 2.18. The van der Waals surface area contributed by atoms with Crippen molar-refractivity contribution < 1.29 is 0 Å². The Morgan fingerprint density at radius 3 is 1.05 bits per heavy atom. The van der Waals surface area contributed by atoms with Gasteiger partial charge in [-0.3, -0.25) is 0 Å². The number of hydrogen-bond donors (Lipinski definition) is 2. The van der Waals surface area contributed by atoms with Crippen LogP contribution in [0.15, 0.2) is 0 Å². The van der Waals surface area contributed by atoms with E-state index in [1.54, 1.807) is 0 Å². The summed E-state index contributed by atoms with van der Waals surface area (Å²) in [5.41, 5.74) is 0.883. The molecule has 2 heterocycles. The molecule has 3 heteroatoms. The summed E-state index contributed by atoms with van der Waals surface area (Å²) < 4.78 is 0. The number of rotatable bonds is 2. The Bertz CT molecular complexity index is 339. The normalized spacial score (nSPS) is 31.4. The zero-order valence-electron chi connectivity index (χ0n) is 16.4. The van der Waals surface area contributed by atoms with Gasteiger partial charge in [0.25, 0.3) is 0 Å². The van der Waals surface area contributed by atoms with Crippen LogP contribution >= 0.6 is 0 Å². The van der Waals surface area contributed by atoms with Gasteiger partial charge in [-0.05, 0) is 88.1 Å². The molecule has 3 nitrogen and oxygen atoms in total. The predicted octanol–water partition coefficient (Wildman–Crippen LogP) is 3.54. The fraction of sp³-hybridized carbons (Fsp3) is 1.00. The molecule has 0 radical (unpaired) electrons. The van der Waals surface area contributed by atoms with Crippen molar-refractivity contribution in [2.24, 2.45) is 0 Å². The fourth-order valence-electron chi connectivity index (χ4n) is 5.41. The first kappa shape index (κ1) is 18.2. The maximum absolute atomic E-state index is 3.81. The van der Waals surface area contributed by atoms with Crippen molar-refractivity contribution in [1.82, 2.24) is 15.5 Å². The molecule has 2 aliphatic rings. The SMILES string of the molecule is CN(C1CC(C)(C)NC(C)(C)C1)C1CC(C)(C)NC(C)(C)C1. The Labute approximate surface area is 138 Å². The van der Waals surface area contributed by atoms with Crippen LogP contribution in [0.4, 0.5) is 0 Å². The highest BCUT2D eigenvalue weighted by Gasteiger charge is 2.44. The van der Waals surface area contributed by atoms with Crippen molar-refractivity contribution >= 4 is 0 Å². The molecule has 0 spiro atoms. The maximum Gasteiger partial charge on any atom is 0.0145 e. The highest BCUT2D eigenvalue weighted by Crippen LogP contribution is 2.36. The monoisotopic (exact) mass is 309 g/mol. The van der Waals surface area contributed by atoms with Gasteiger partial charge in [0.15, 0.2) is 0 Å². The summed E-state index contributed by atoms with van der Waals surface area (Å²) in [5, 5.41) is 7.63. The number of hydrogen-bond acceptors (Lipinski definition) is 3. The third-order valence-electron chi connectivity index (χ3n) is 5.49. The topological polar surface area (TPSA) is 27.3 Å². The lowest BCUT2D eigenvalue weighted by Crippen LogP contribution is -2.66. The summed E-state index contributed by atoms with van der Waals surface area (Å²) in [5.74, 6) is 0. The first-order valence-electron chi connectivity index (χ1n) is 9.01. The standard InChI is InChI=1S/C19H39N3/c1-16(2)10-14(11-17(3,4)20-16)22(9)15-12-18(5,6)21-19(7,8)13-15/h14-15,20-21H,10-13H2,1-9H3. The van der Waals surface area contributed by atoms with Crippen LogP contribution in [0.1, 0.15) is 81.1 Å². The predicted molar refractivity (Wildman–Crippen MR) is 96.4 cm³/mol. The van der Waals surface area contributed by atoms with Crippen LogP contribution in [0.25, 0.3) is 0 Å². The molecular weight excluding hydrogens is 270 g/mol. The number of piperidine rings is 2. The second kappa shape index (κ2) is 5.46. The Hall–Kier alpha value is -0.120. The lowest BCUT2D eigenvalue weighted by molar-refractivity contribution is 0.0143. The zero-order chi connectivity index (χ0) is 17.0. The van der Waals surface area contributed by atoms with E-state index in [9.17, 15) is 0 Å². The average molecular weight is 310 g/mol. The summed E-state index contributed by atoms with van der Waals surface area (Å²) in [6, 6.07) is 1.34. The summed E-state index contributed by atoms with van der Waals surface area (Å²) in [6.07, 6.45) is 4.94. The lowest BCUT2D eigenvalue weighted by atomic mass is 9.75. The smallest absolute Gasteiger partial charge is 0.0145 e. The molecule has 0 atom stereocenters. The minimum Gasteiger partial charge on any atom is -0.307 e. The van der Waals surface area contributed by atoms with Gasteiger partial charge in [0.1, 0.15) is 0 Å². The van der Waals surface area contributed by atoms with Crippen LogP contribution in [0, 0.1) is 0 Å². The van der Waals surface area contributed by atoms with Crippen LogP contribution in [0.5, 0.6) is 0 Å². The molecule has 22 heavy (non-hydrogen) atoms. The van der Waals surface area contributed by atoms with Crippen LogP contribution in [0.3, 0.4) is 0 Å². The van der Waals surface area contributed by atoms with E-state index in [0.29, 0.717) is 12.1 Å². The molecule has 2 N–H and O–H groups in total. The molecule has 0 aromatic carbocycles. The minimum absolute atomic E-state index is 0.221. The van der Waals surface area contributed by atoms with Crippen molar-refractivity contribution in [1.29, 1.82) is 0 Å². The van der Waals surface area contributed by atoms with Crippen LogP contribution in [-0.4, -0.2) is 46.2 Å². The van der Waals surface area contributed by atoms with Crippen molar-refractivity contribution in [3.8, 4) is 0 Å². The van der Waals surface area contributed by atoms with Gasteiger partial charge in [-0.25, -0.2) is 0 Å². The lowest BCUT2D eigenvalue weighted by Gasteiger charge is -2.54. The van der Waals surface area contributed by atoms with Gasteiger partial charge in [0.2, 0.25) is 0 Å². The summed E-state index contributed by atoms with van der Waals surface area (Å²) in [6.45, 7) is 18.8. The number of nitrogens with one attached hydrogen (secondary N) is 2. The highest BCUT2D eigenvalue weighted by atomic mass is 15.2. The van der Waals surface area contributed by atoms with Gasteiger partial charge < -0.3 is 15.5 Å². The van der Waals surface area contributed by atoms with Crippen LogP contribution in [0.2, 0.25) is 0 Å². The fourth-order valence-corrected chi connectivity index (χ4v) is 5.41. The Morgan fingerprint density at radius 2 is 0.818 bits per heavy atom. The van der Waals surface area contributed by atoms with E-state index >= 15 is 0 Å². The quantitative estimate of drug-likeness (QED) is 0.817. The Balaban J connectivity index is 2.15. The van der Waals surface area contributed by atoms with Gasteiger partial charge in [0.05, 0.1) is 0 Å². The molecule has 0 aliphatic carbocycles. The molecule has 0 amide bonds. The molecule has 2 rings (SSSR count). The van der Waals surface area contributed by atoms with Crippen molar-refractivity contribution in [3.63, 3.8) is 0 Å². The van der Waals surface area contributed by atoms with Gasteiger partial charge >= 0.3 is 0 Å². The molecule has 0 aromatic rings. The van der Waals surface area contributed by atoms with E-state index < -0.39 is 0 Å². The third kappa shape index (κ3) is 4.46. The molecule has 2 fully saturated rings. The van der Waals surface area contributed by atoms with E-state index in [-0.39, 0.29) is 22.2 Å². The molecule has 0 bridgehead atoms. The highest BCUT2D eigenvalue weighted by molar-refractivity contribution is 5.04. The van der Waals surface area contributed by atoms with E-state index in [2.05, 4.69) is 78.0 Å². The van der Waals surface area contributed by atoms with Crippen molar-refractivity contribution in [2.75, 3.05) is 7.05 Å². The van der Waals surface area contributed by atoms with Gasteiger partial charge in [-0.1, -0.05) is 0 Å². The Morgan fingerprint density at radius 1 is 0.591 bits per heavy atom. The molecule has 0 aromatic heterocycles. The summed E-state index contributed by atoms with van der Waals surface area (Å²) >= 11 is 0. The molecule has 2 aliphatic heterocycles. The van der Waals surface area contributed by atoms with E-state index in [0.717, 1.165) is 0 Å². The minimum atomic E-state index is 0.221. The van der Waals surface area contributed by atoms with Crippen molar-refractivity contribution in [2.45, 2.75) is 115 Å². The van der Waals surface area contributed by atoms with E-state index in [1.807, 2.05) is 0 Å². The second-order valence-corrected chi connectivity index (χ2v) is 10.6. The zero-order valence-corrected chi connectivity index (χ0v) is 16.4. The largest absolute Gasteiger partial charge is 0.307 e. The Kier molecular flexibility index (Phi) is 4.52. The van der Waals surface area contributed by atoms with Gasteiger partial charge in [0, 0.05) is 34.2 Å². The van der Waals surface area contributed by atoms with Gasteiger partial charge in [-0.2, -0.15) is 0 Å². The molecule has 130 valence electrons. The molecule has 2 saturated heterocycles. The van der Waals surface area contributed by atoms with Crippen molar-refractivity contribution in [3.05, 3.63) is 0 Å². The first-order valence-corrected chi connectivity index (χ1v) is 9.01. The second-order valence-electron chi connectivity index (χ2n) is 10.6. The maximum atomic E-state index is 3.81. The molecule has 0 saturated carbocycles. The van der Waals surface area contributed by atoms with Crippen LogP contribution in [-0.2, 0) is 0 Å². The molecule has 0 unspecified atom stereocenters. The first-order chi connectivity index (χ1) is 9.71. The third-order valence-corrected chi connectivity index (χ3v) is 5.49.